The number of carbonyl (C=O) groups is 1. The number of carbonyl (C=O) groups excluding carboxylic acids is 1. The summed E-state index contributed by atoms with van der Waals surface area (Å²) >= 11 is 7.58. The number of anilines is 2. The molecule has 1 aliphatic carbocycles. The molecular weight excluding hydrogens is 304 g/mol. The van der Waals surface area contributed by atoms with Crippen molar-refractivity contribution in [2.24, 2.45) is 0 Å². The molecule has 0 saturated heterocycles. The van der Waals surface area contributed by atoms with Crippen LogP contribution in [0.1, 0.15) is 39.4 Å². The fourth-order valence-corrected chi connectivity index (χ4v) is 3.91. The fourth-order valence-electron chi connectivity index (χ4n) is 2.58. The molecule has 0 fully saturated rings. The van der Waals surface area contributed by atoms with E-state index < -0.39 is 0 Å². The molecule has 0 spiro atoms. The van der Waals surface area contributed by atoms with E-state index in [0.717, 1.165) is 17.7 Å². The number of halogens is 1. The Balaban J connectivity index is 1.77. The highest BCUT2D eigenvalue weighted by atomic mass is 35.5. The van der Waals surface area contributed by atoms with Gasteiger partial charge in [0, 0.05) is 10.6 Å². The van der Waals surface area contributed by atoms with Gasteiger partial charge in [-0.05, 0) is 55.5 Å². The van der Waals surface area contributed by atoms with Gasteiger partial charge in [-0.2, -0.15) is 0 Å². The smallest absolute Gasteiger partial charge is 0.265 e. The predicted molar refractivity (Wildman–Crippen MR) is 89.4 cm³/mol. The molecule has 1 aromatic heterocycles. The summed E-state index contributed by atoms with van der Waals surface area (Å²) < 4.78 is 0. The van der Waals surface area contributed by atoms with Crippen molar-refractivity contribution in [1.82, 2.24) is 0 Å². The summed E-state index contributed by atoms with van der Waals surface area (Å²) in [5.74, 6) is -0.0751. The number of hydrogen-bond donors (Lipinski definition) is 2. The number of nitrogens with one attached hydrogen (secondary N) is 1. The third-order valence-corrected chi connectivity index (χ3v) is 5.29. The minimum atomic E-state index is -0.0751. The van der Waals surface area contributed by atoms with Gasteiger partial charge in [-0.1, -0.05) is 18.0 Å². The van der Waals surface area contributed by atoms with E-state index in [2.05, 4.69) is 5.32 Å². The summed E-state index contributed by atoms with van der Waals surface area (Å²) in [6.07, 6.45) is 5.92. The summed E-state index contributed by atoms with van der Waals surface area (Å²) in [4.78, 5) is 14.5. The Morgan fingerprint density at radius 3 is 2.81 bits per heavy atom. The largest absolute Gasteiger partial charge is 0.398 e. The van der Waals surface area contributed by atoms with Crippen LogP contribution in [0.2, 0.25) is 5.02 Å². The van der Waals surface area contributed by atoms with Gasteiger partial charge >= 0.3 is 0 Å². The molecule has 21 heavy (non-hydrogen) atoms. The second-order valence-corrected chi connectivity index (χ2v) is 6.85. The van der Waals surface area contributed by atoms with Crippen LogP contribution in [0, 0.1) is 0 Å². The summed E-state index contributed by atoms with van der Waals surface area (Å²) in [6.45, 7) is 0. The summed E-state index contributed by atoms with van der Waals surface area (Å²) in [5, 5.41) is 3.34. The number of nitrogen functional groups attached to an aromatic ring is 1. The average molecular weight is 321 g/mol. The monoisotopic (exact) mass is 320 g/mol. The van der Waals surface area contributed by atoms with Crippen LogP contribution in [0.25, 0.3) is 0 Å². The molecule has 1 aliphatic rings. The van der Waals surface area contributed by atoms with Gasteiger partial charge < -0.3 is 11.1 Å². The lowest BCUT2D eigenvalue weighted by Crippen LogP contribution is -2.10. The Morgan fingerprint density at radius 1 is 1.19 bits per heavy atom. The van der Waals surface area contributed by atoms with Crippen LogP contribution in [-0.2, 0) is 12.8 Å². The normalized spacial score (nSPS) is 14.3. The van der Waals surface area contributed by atoms with E-state index in [0.29, 0.717) is 16.4 Å². The Hall–Kier alpha value is -1.52. The van der Waals surface area contributed by atoms with Gasteiger partial charge in [0.25, 0.3) is 5.91 Å². The number of fused-ring (bicyclic) bond motifs is 1. The van der Waals surface area contributed by atoms with Crippen LogP contribution in [0.5, 0.6) is 0 Å². The van der Waals surface area contributed by atoms with Crippen LogP contribution in [-0.4, -0.2) is 5.91 Å². The first-order chi connectivity index (χ1) is 10.1. The van der Waals surface area contributed by atoms with Crippen molar-refractivity contribution in [2.45, 2.75) is 32.1 Å². The number of amides is 1. The Kier molecular flexibility index (Phi) is 4.17. The molecule has 1 amide bonds. The summed E-state index contributed by atoms with van der Waals surface area (Å²) in [6, 6.07) is 7.17. The quantitative estimate of drug-likeness (QED) is 0.632. The van der Waals surface area contributed by atoms with Crippen molar-refractivity contribution in [2.75, 3.05) is 11.1 Å². The first kappa shape index (κ1) is 14.4. The molecule has 5 heteroatoms. The fraction of sp³-hybridized carbons (Fsp3) is 0.312. The van der Waals surface area contributed by atoms with E-state index in [1.165, 1.54) is 29.7 Å². The van der Waals surface area contributed by atoms with Crippen molar-refractivity contribution >= 4 is 40.2 Å². The summed E-state index contributed by atoms with van der Waals surface area (Å²) in [5.41, 5.74) is 8.20. The van der Waals surface area contributed by atoms with E-state index >= 15 is 0 Å². The van der Waals surface area contributed by atoms with Gasteiger partial charge in [0.05, 0.1) is 15.6 Å². The lowest BCUT2D eigenvalue weighted by Gasteiger charge is -2.05. The Bertz CT molecular complexity index is 657. The first-order valence-corrected chi connectivity index (χ1v) is 8.31. The standard InChI is InChI=1S/C16H17ClN2OS/c17-12-9-11(6-7-13(12)18)19-16(20)15-8-10-4-2-1-3-5-14(10)21-15/h6-9H,1-5,18H2,(H,19,20). The molecule has 3 rings (SSSR count). The third-order valence-electron chi connectivity index (χ3n) is 3.73. The van der Waals surface area contributed by atoms with Crippen LogP contribution in [0.3, 0.4) is 0 Å². The van der Waals surface area contributed by atoms with Crippen LogP contribution in [0.4, 0.5) is 11.4 Å². The van der Waals surface area contributed by atoms with Crippen molar-refractivity contribution in [3.05, 3.63) is 44.6 Å². The second-order valence-electron chi connectivity index (χ2n) is 5.31. The highest BCUT2D eigenvalue weighted by Crippen LogP contribution is 2.30. The molecule has 0 unspecified atom stereocenters. The SMILES string of the molecule is Nc1ccc(NC(=O)c2cc3c(s2)CCCCC3)cc1Cl. The molecule has 0 bridgehead atoms. The van der Waals surface area contributed by atoms with Crippen molar-refractivity contribution in [3.8, 4) is 0 Å². The molecule has 1 aromatic carbocycles. The minimum absolute atomic E-state index is 0.0751. The van der Waals surface area contributed by atoms with Gasteiger partial charge in [0.2, 0.25) is 0 Å². The highest BCUT2D eigenvalue weighted by molar-refractivity contribution is 7.14. The van der Waals surface area contributed by atoms with Gasteiger partial charge in [0.1, 0.15) is 0 Å². The van der Waals surface area contributed by atoms with E-state index in [-0.39, 0.29) is 5.91 Å². The molecule has 3 nitrogen and oxygen atoms in total. The summed E-state index contributed by atoms with van der Waals surface area (Å²) in [7, 11) is 0. The van der Waals surface area contributed by atoms with Crippen LogP contribution < -0.4 is 11.1 Å². The maximum atomic E-state index is 12.3. The maximum absolute atomic E-state index is 12.3. The number of thiophene rings is 1. The van der Waals surface area contributed by atoms with Gasteiger partial charge in [-0.15, -0.1) is 11.3 Å². The molecule has 0 atom stereocenters. The highest BCUT2D eigenvalue weighted by Gasteiger charge is 2.16. The number of aryl methyl sites for hydroxylation is 2. The van der Waals surface area contributed by atoms with E-state index in [1.807, 2.05) is 6.07 Å². The lowest BCUT2D eigenvalue weighted by molar-refractivity contribution is 0.103. The minimum Gasteiger partial charge on any atom is -0.398 e. The molecule has 2 aromatic rings. The van der Waals surface area contributed by atoms with E-state index in [9.17, 15) is 4.79 Å². The van der Waals surface area contributed by atoms with Gasteiger partial charge in [-0.25, -0.2) is 0 Å². The van der Waals surface area contributed by atoms with E-state index in [1.54, 1.807) is 29.5 Å². The lowest BCUT2D eigenvalue weighted by atomic mass is 10.1. The molecule has 3 N–H and O–H groups in total. The first-order valence-electron chi connectivity index (χ1n) is 7.11. The molecule has 0 aliphatic heterocycles. The number of nitrogens with two attached hydrogens (primary N) is 1. The Morgan fingerprint density at radius 2 is 2.00 bits per heavy atom. The van der Waals surface area contributed by atoms with Crippen molar-refractivity contribution < 1.29 is 4.79 Å². The number of benzene rings is 1. The third kappa shape index (κ3) is 3.22. The zero-order valence-electron chi connectivity index (χ0n) is 11.6. The van der Waals surface area contributed by atoms with Gasteiger partial charge in [0.15, 0.2) is 0 Å². The van der Waals surface area contributed by atoms with Crippen LogP contribution in [0.15, 0.2) is 24.3 Å². The van der Waals surface area contributed by atoms with Crippen molar-refractivity contribution in [3.63, 3.8) is 0 Å². The molecule has 1 heterocycles. The maximum Gasteiger partial charge on any atom is 0.265 e. The number of hydrogen-bond acceptors (Lipinski definition) is 3. The van der Waals surface area contributed by atoms with Gasteiger partial charge in [-0.3, -0.25) is 4.79 Å². The topological polar surface area (TPSA) is 55.1 Å². The zero-order valence-corrected chi connectivity index (χ0v) is 13.2. The number of rotatable bonds is 2. The van der Waals surface area contributed by atoms with Crippen molar-refractivity contribution in [1.29, 1.82) is 0 Å². The molecule has 0 radical (unpaired) electrons. The second kappa shape index (κ2) is 6.08. The molecular formula is C16H17ClN2OS. The molecule has 0 saturated carbocycles. The average Bonchev–Trinajstić information content (AvgIpc) is 2.74. The zero-order chi connectivity index (χ0) is 14.8. The predicted octanol–water partition coefficient (Wildman–Crippen LogP) is 4.50. The van der Waals surface area contributed by atoms with E-state index in [4.69, 9.17) is 17.3 Å². The Labute approximate surface area is 133 Å². The molecule has 110 valence electrons. The van der Waals surface area contributed by atoms with Crippen LogP contribution >= 0.6 is 22.9 Å².